The molecule has 0 N–H and O–H groups in total. The third-order valence-corrected chi connectivity index (χ3v) is 1.76. The Morgan fingerprint density at radius 3 is 2.73 bits per heavy atom. The molecule has 1 unspecified atom stereocenters. The zero-order valence-electron chi connectivity index (χ0n) is 7.05. The molecular formula is C9H17O2. The van der Waals surface area contributed by atoms with Gasteiger partial charge in [-0.05, 0) is 19.3 Å². The molecule has 1 aliphatic heterocycles. The lowest BCUT2D eigenvalue weighted by molar-refractivity contribution is 0.126. The summed E-state index contributed by atoms with van der Waals surface area (Å²) in [7, 11) is 0. The summed E-state index contributed by atoms with van der Waals surface area (Å²) in [5, 5.41) is 0. The fourth-order valence-electron chi connectivity index (χ4n) is 0.954. The van der Waals surface area contributed by atoms with Gasteiger partial charge in [0.2, 0.25) is 0 Å². The number of unbranched alkanes of at least 4 members (excludes halogenated alkanes) is 1. The van der Waals surface area contributed by atoms with Crippen molar-refractivity contribution in [3.8, 4) is 0 Å². The van der Waals surface area contributed by atoms with E-state index in [0.717, 1.165) is 39.1 Å². The summed E-state index contributed by atoms with van der Waals surface area (Å²) < 4.78 is 10.4. The molecule has 1 saturated heterocycles. The first-order chi connectivity index (χ1) is 5.43. The van der Waals surface area contributed by atoms with Gasteiger partial charge in [-0.3, -0.25) is 0 Å². The average Bonchev–Trinajstić information content (AvgIpc) is 2.80. The second-order valence-electron chi connectivity index (χ2n) is 2.92. The molecule has 11 heavy (non-hydrogen) atoms. The van der Waals surface area contributed by atoms with E-state index >= 15 is 0 Å². The molecule has 0 aromatic heterocycles. The van der Waals surface area contributed by atoms with Crippen LogP contribution in [-0.2, 0) is 9.47 Å². The summed E-state index contributed by atoms with van der Waals surface area (Å²) in [5.74, 6) is 0. The summed E-state index contributed by atoms with van der Waals surface area (Å²) in [6, 6.07) is 0. The Labute approximate surface area is 68.9 Å². The molecule has 0 amide bonds. The topological polar surface area (TPSA) is 21.8 Å². The van der Waals surface area contributed by atoms with Crippen LogP contribution in [0.5, 0.6) is 0 Å². The van der Waals surface area contributed by atoms with Gasteiger partial charge in [0.25, 0.3) is 0 Å². The maximum atomic E-state index is 5.36. The third-order valence-electron chi connectivity index (χ3n) is 1.76. The lowest BCUT2D eigenvalue weighted by Crippen LogP contribution is -1.98. The maximum Gasteiger partial charge on any atom is 0.0810 e. The van der Waals surface area contributed by atoms with Crippen LogP contribution >= 0.6 is 0 Å². The highest BCUT2D eigenvalue weighted by atomic mass is 16.6. The Balaban J connectivity index is 1.66. The van der Waals surface area contributed by atoms with Gasteiger partial charge in [-0.2, -0.15) is 0 Å². The first-order valence-corrected chi connectivity index (χ1v) is 4.42. The van der Waals surface area contributed by atoms with Crippen LogP contribution in [0.1, 0.15) is 25.7 Å². The van der Waals surface area contributed by atoms with Gasteiger partial charge in [-0.15, -0.1) is 0 Å². The highest BCUT2D eigenvalue weighted by Crippen LogP contribution is 2.14. The highest BCUT2D eigenvalue weighted by molar-refractivity contribution is 4.67. The van der Waals surface area contributed by atoms with Gasteiger partial charge < -0.3 is 9.47 Å². The minimum absolute atomic E-state index is 0.562. The first kappa shape index (κ1) is 9.01. The average molecular weight is 157 g/mol. The summed E-state index contributed by atoms with van der Waals surface area (Å²) >= 11 is 0. The smallest absolute Gasteiger partial charge is 0.0810 e. The van der Waals surface area contributed by atoms with Crippen molar-refractivity contribution < 1.29 is 9.47 Å². The number of rotatable bonds is 7. The zero-order chi connectivity index (χ0) is 7.94. The molecule has 1 aliphatic rings. The van der Waals surface area contributed by atoms with Gasteiger partial charge in [0.15, 0.2) is 0 Å². The van der Waals surface area contributed by atoms with E-state index in [0.29, 0.717) is 6.10 Å². The summed E-state index contributed by atoms with van der Waals surface area (Å²) in [6.45, 7) is 6.47. The Hall–Kier alpha value is -0.0800. The Bertz CT molecular complexity index is 89.6. The monoisotopic (exact) mass is 157 g/mol. The first-order valence-electron chi connectivity index (χ1n) is 4.42. The molecule has 2 heteroatoms. The van der Waals surface area contributed by atoms with Crippen LogP contribution in [-0.4, -0.2) is 25.9 Å². The molecule has 0 saturated carbocycles. The van der Waals surface area contributed by atoms with Gasteiger partial charge in [0.05, 0.1) is 12.7 Å². The van der Waals surface area contributed by atoms with Crippen LogP contribution in [0.2, 0.25) is 0 Å². The quantitative estimate of drug-likeness (QED) is 0.415. The van der Waals surface area contributed by atoms with Crippen LogP contribution in [0.4, 0.5) is 0 Å². The van der Waals surface area contributed by atoms with Gasteiger partial charge in [-0.25, -0.2) is 0 Å². The van der Waals surface area contributed by atoms with Crippen LogP contribution in [0.15, 0.2) is 0 Å². The predicted octanol–water partition coefficient (Wildman–Crippen LogP) is 1.80. The fourth-order valence-corrected chi connectivity index (χ4v) is 0.954. The zero-order valence-corrected chi connectivity index (χ0v) is 7.05. The maximum absolute atomic E-state index is 5.36. The highest BCUT2D eigenvalue weighted by Gasteiger charge is 2.20. The fraction of sp³-hybridized carbons (Fsp3) is 0.889. The van der Waals surface area contributed by atoms with Gasteiger partial charge in [0.1, 0.15) is 0 Å². The van der Waals surface area contributed by atoms with E-state index in [2.05, 4.69) is 6.92 Å². The summed E-state index contributed by atoms with van der Waals surface area (Å²) in [5.41, 5.74) is 0. The van der Waals surface area contributed by atoms with Crippen LogP contribution < -0.4 is 0 Å². The van der Waals surface area contributed by atoms with Crippen LogP contribution in [0.25, 0.3) is 0 Å². The lowest BCUT2D eigenvalue weighted by Gasteiger charge is -2.00. The normalized spacial score (nSPS) is 22.1. The molecule has 1 atom stereocenters. The van der Waals surface area contributed by atoms with E-state index < -0.39 is 0 Å². The van der Waals surface area contributed by atoms with E-state index in [-0.39, 0.29) is 0 Å². The van der Waals surface area contributed by atoms with Crippen molar-refractivity contribution in [1.29, 1.82) is 0 Å². The Morgan fingerprint density at radius 2 is 2.09 bits per heavy atom. The molecule has 0 spiro atoms. The Kier molecular flexibility index (Phi) is 4.55. The summed E-state index contributed by atoms with van der Waals surface area (Å²) in [4.78, 5) is 0. The second-order valence-corrected chi connectivity index (χ2v) is 2.92. The minimum atomic E-state index is 0.562. The van der Waals surface area contributed by atoms with E-state index in [4.69, 9.17) is 9.47 Å². The van der Waals surface area contributed by atoms with Crippen molar-refractivity contribution >= 4 is 0 Å². The van der Waals surface area contributed by atoms with Crippen molar-refractivity contribution in [3.63, 3.8) is 0 Å². The largest absolute Gasteiger partial charge is 0.381 e. The minimum Gasteiger partial charge on any atom is -0.381 e. The van der Waals surface area contributed by atoms with E-state index in [1.165, 1.54) is 6.42 Å². The second kappa shape index (κ2) is 5.56. The SMILES string of the molecule is [CH2]CCCOCCCC1CO1. The lowest BCUT2D eigenvalue weighted by atomic mass is 10.2. The van der Waals surface area contributed by atoms with Crippen LogP contribution in [0, 0.1) is 6.92 Å². The number of ether oxygens (including phenoxy) is 2. The number of hydrogen-bond acceptors (Lipinski definition) is 2. The third kappa shape index (κ3) is 5.22. The molecule has 0 aliphatic carbocycles. The number of hydrogen-bond donors (Lipinski definition) is 0. The molecule has 1 fully saturated rings. The number of epoxide rings is 1. The summed E-state index contributed by atoms with van der Waals surface area (Å²) in [6.07, 6.45) is 4.93. The van der Waals surface area contributed by atoms with E-state index in [9.17, 15) is 0 Å². The molecule has 1 radical (unpaired) electrons. The molecule has 1 rings (SSSR count). The molecule has 0 bridgehead atoms. The van der Waals surface area contributed by atoms with Gasteiger partial charge >= 0.3 is 0 Å². The van der Waals surface area contributed by atoms with E-state index in [1.807, 2.05) is 0 Å². The van der Waals surface area contributed by atoms with Crippen LogP contribution in [0.3, 0.4) is 0 Å². The molecule has 65 valence electrons. The molecule has 1 heterocycles. The van der Waals surface area contributed by atoms with Crippen molar-refractivity contribution in [2.24, 2.45) is 0 Å². The molecule has 0 aromatic rings. The standard InChI is InChI=1S/C9H17O2/c1-2-3-6-10-7-4-5-9-8-11-9/h9H,1-8H2. The van der Waals surface area contributed by atoms with Gasteiger partial charge in [0, 0.05) is 13.2 Å². The van der Waals surface area contributed by atoms with Crippen molar-refractivity contribution in [2.45, 2.75) is 31.8 Å². The van der Waals surface area contributed by atoms with Crippen molar-refractivity contribution in [3.05, 3.63) is 6.92 Å². The molecule has 0 aromatic carbocycles. The molecule has 2 nitrogen and oxygen atoms in total. The predicted molar refractivity (Wildman–Crippen MR) is 44.4 cm³/mol. The Morgan fingerprint density at radius 1 is 1.36 bits per heavy atom. The van der Waals surface area contributed by atoms with Crippen molar-refractivity contribution in [1.82, 2.24) is 0 Å². The van der Waals surface area contributed by atoms with Gasteiger partial charge in [-0.1, -0.05) is 13.3 Å². The van der Waals surface area contributed by atoms with E-state index in [1.54, 1.807) is 0 Å². The molecular weight excluding hydrogens is 140 g/mol. The van der Waals surface area contributed by atoms with Crippen molar-refractivity contribution in [2.75, 3.05) is 19.8 Å².